The van der Waals surface area contributed by atoms with Crippen molar-refractivity contribution in [2.75, 3.05) is 34.4 Å². The van der Waals surface area contributed by atoms with Crippen LogP contribution in [0.5, 0.6) is 11.5 Å². The highest BCUT2D eigenvalue weighted by Crippen LogP contribution is 2.29. The number of benzene rings is 1. The summed E-state index contributed by atoms with van der Waals surface area (Å²) >= 11 is 0. The van der Waals surface area contributed by atoms with Crippen LogP contribution in [-0.2, 0) is 15.0 Å². The van der Waals surface area contributed by atoms with Gasteiger partial charge in [-0.2, -0.15) is 8.42 Å². The molecule has 0 saturated carbocycles. The Balaban J connectivity index is 2.10. The fraction of sp³-hybridized carbons (Fsp3) is 0.412. The average Bonchev–Trinajstić information content (AvgIpc) is 3.17. The van der Waals surface area contributed by atoms with Gasteiger partial charge in [-0.25, -0.2) is 4.31 Å². The normalized spacial score (nSPS) is 19.0. The van der Waals surface area contributed by atoms with E-state index in [1.54, 1.807) is 23.1 Å². The molecule has 2 heterocycles. The van der Waals surface area contributed by atoms with Crippen molar-refractivity contribution in [3.8, 4) is 11.5 Å². The number of carbonyl (C=O) groups is 1. The lowest BCUT2D eigenvalue weighted by atomic mass is 10.1. The van der Waals surface area contributed by atoms with Gasteiger partial charge in [-0.3, -0.25) is 4.79 Å². The summed E-state index contributed by atoms with van der Waals surface area (Å²) in [5, 5.41) is 0. The lowest BCUT2D eigenvalue weighted by Crippen LogP contribution is -2.39. The quantitative estimate of drug-likeness (QED) is 0.784. The topological polar surface area (TPSA) is 88.5 Å². The van der Waals surface area contributed by atoms with Crippen molar-refractivity contribution >= 4 is 21.8 Å². The molecular formula is C17H21N3O5S. The maximum atomic E-state index is 12.8. The summed E-state index contributed by atoms with van der Waals surface area (Å²) in [7, 11) is 0.306. The van der Waals surface area contributed by atoms with Crippen molar-refractivity contribution in [3.63, 3.8) is 0 Å². The summed E-state index contributed by atoms with van der Waals surface area (Å²) in [5.41, 5.74) is 0.651. The predicted octanol–water partition coefficient (Wildman–Crippen LogP) is 1.19. The van der Waals surface area contributed by atoms with Gasteiger partial charge in [0.2, 0.25) is 0 Å². The molecule has 0 atom stereocenters. The first-order chi connectivity index (χ1) is 12.4. The van der Waals surface area contributed by atoms with Gasteiger partial charge in [0, 0.05) is 25.7 Å². The van der Waals surface area contributed by atoms with Crippen LogP contribution in [0.4, 0.5) is 0 Å². The molecule has 0 radical (unpaired) electrons. The van der Waals surface area contributed by atoms with Gasteiger partial charge in [-0.1, -0.05) is 0 Å². The minimum atomic E-state index is -4.02. The van der Waals surface area contributed by atoms with E-state index < -0.39 is 10.2 Å². The third-order valence-corrected chi connectivity index (χ3v) is 5.78. The molecule has 0 spiro atoms. The summed E-state index contributed by atoms with van der Waals surface area (Å²) in [6, 6.07) is 5.00. The van der Waals surface area contributed by atoms with E-state index in [0.717, 1.165) is 17.1 Å². The molecular weight excluding hydrogens is 358 g/mol. The Hall–Kier alpha value is -2.55. The third-order valence-electron chi connectivity index (χ3n) is 4.47. The summed E-state index contributed by atoms with van der Waals surface area (Å²) in [6.45, 7) is 1.25. The fourth-order valence-corrected chi connectivity index (χ4v) is 3.88. The van der Waals surface area contributed by atoms with E-state index in [4.69, 9.17) is 9.47 Å². The first kappa shape index (κ1) is 18.2. The van der Waals surface area contributed by atoms with Crippen LogP contribution < -0.4 is 9.47 Å². The first-order valence-electron chi connectivity index (χ1n) is 8.19. The molecule has 9 heteroatoms. The number of likely N-dealkylation sites (N-methyl/N-ethyl adjacent to an activating group) is 1. The highest BCUT2D eigenvalue weighted by Gasteiger charge is 2.33. The molecule has 8 nitrogen and oxygen atoms in total. The molecule has 0 aromatic heterocycles. The Morgan fingerprint density at radius 1 is 1.15 bits per heavy atom. The van der Waals surface area contributed by atoms with Crippen molar-refractivity contribution in [3.05, 3.63) is 35.5 Å². The van der Waals surface area contributed by atoms with Crippen molar-refractivity contribution in [1.82, 2.24) is 9.21 Å². The summed E-state index contributed by atoms with van der Waals surface area (Å²) in [6.07, 6.45) is 3.32. The smallest absolute Gasteiger partial charge is 0.345 e. The molecule has 2 aliphatic rings. The second-order valence-corrected chi connectivity index (χ2v) is 7.64. The zero-order chi connectivity index (χ0) is 18.9. The van der Waals surface area contributed by atoms with E-state index in [1.807, 2.05) is 0 Å². The maximum Gasteiger partial charge on any atom is 0.345 e. The van der Waals surface area contributed by atoms with E-state index >= 15 is 0 Å². The van der Waals surface area contributed by atoms with E-state index in [2.05, 4.69) is 4.40 Å². The van der Waals surface area contributed by atoms with Gasteiger partial charge in [0.1, 0.15) is 17.2 Å². The molecule has 0 aliphatic carbocycles. The largest absolute Gasteiger partial charge is 0.497 e. The Labute approximate surface area is 152 Å². The molecule has 2 aliphatic heterocycles. The zero-order valence-corrected chi connectivity index (χ0v) is 15.7. The van der Waals surface area contributed by atoms with Crippen molar-refractivity contribution in [1.29, 1.82) is 0 Å². The second-order valence-electron chi connectivity index (χ2n) is 6.02. The molecule has 1 aromatic carbocycles. The first-order valence-corrected chi connectivity index (χ1v) is 9.59. The minimum Gasteiger partial charge on any atom is -0.497 e. The van der Waals surface area contributed by atoms with Crippen molar-refractivity contribution in [2.24, 2.45) is 4.40 Å². The molecule has 0 N–H and O–H groups in total. The van der Waals surface area contributed by atoms with Gasteiger partial charge < -0.3 is 14.4 Å². The van der Waals surface area contributed by atoms with E-state index in [1.165, 1.54) is 27.3 Å². The van der Waals surface area contributed by atoms with Gasteiger partial charge in [0.25, 0.3) is 5.91 Å². The average molecular weight is 379 g/mol. The SMILES string of the molecule is COc1ccc(OC)c(C2=NS(=O)(=O)N(C)C(C(=O)N3CCCC3)=C2)c1. The molecule has 1 aromatic rings. The number of amides is 1. The van der Waals surface area contributed by atoms with Gasteiger partial charge in [0.05, 0.1) is 19.9 Å². The third kappa shape index (κ3) is 3.26. The number of hydrogen-bond acceptors (Lipinski definition) is 5. The predicted molar refractivity (Wildman–Crippen MR) is 96.7 cm³/mol. The monoisotopic (exact) mass is 379 g/mol. The van der Waals surface area contributed by atoms with Crippen molar-refractivity contribution < 1.29 is 22.7 Å². The Morgan fingerprint density at radius 3 is 2.46 bits per heavy atom. The highest BCUT2D eigenvalue weighted by molar-refractivity contribution is 7.88. The van der Waals surface area contributed by atoms with E-state index in [0.29, 0.717) is 30.2 Å². The van der Waals surface area contributed by atoms with Gasteiger partial charge >= 0.3 is 10.2 Å². The van der Waals surface area contributed by atoms with Crippen LogP contribution in [0.15, 0.2) is 34.4 Å². The van der Waals surface area contributed by atoms with Crippen LogP contribution in [0.1, 0.15) is 18.4 Å². The van der Waals surface area contributed by atoms with Gasteiger partial charge in [-0.05, 0) is 37.1 Å². The molecule has 140 valence electrons. The lowest BCUT2D eigenvalue weighted by Gasteiger charge is -2.27. The van der Waals surface area contributed by atoms with Crippen LogP contribution in [-0.4, -0.2) is 63.6 Å². The Bertz CT molecular complexity index is 886. The second kappa shape index (κ2) is 6.99. The molecule has 0 bridgehead atoms. The van der Waals surface area contributed by atoms with Gasteiger partial charge in [0.15, 0.2) is 0 Å². The van der Waals surface area contributed by atoms with E-state index in [9.17, 15) is 13.2 Å². The Morgan fingerprint density at radius 2 is 1.85 bits per heavy atom. The number of carbonyl (C=O) groups excluding carboxylic acids is 1. The van der Waals surface area contributed by atoms with Crippen LogP contribution in [0.25, 0.3) is 0 Å². The number of hydrogen-bond donors (Lipinski definition) is 0. The summed E-state index contributed by atoms with van der Waals surface area (Å²) in [4.78, 5) is 14.4. The standard InChI is InChI=1S/C17H21N3O5S/c1-19-15(17(21)20-8-4-5-9-20)11-14(18-26(19,22)23)13-10-12(24-2)6-7-16(13)25-3/h6-7,10-11H,4-5,8-9H2,1-3H3. The number of nitrogens with zero attached hydrogens (tertiary/aromatic N) is 3. The number of rotatable bonds is 4. The molecule has 1 amide bonds. The summed E-state index contributed by atoms with van der Waals surface area (Å²) in [5.74, 6) is 0.650. The molecule has 0 unspecified atom stereocenters. The number of allylic oxidation sites excluding steroid dienone is 1. The van der Waals surface area contributed by atoms with Gasteiger partial charge in [-0.15, -0.1) is 4.40 Å². The molecule has 1 fully saturated rings. The number of ether oxygens (including phenoxy) is 2. The zero-order valence-electron chi connectivity index (χ0n) is 14.9. The summed E-state index contributed by atoms with van der Waals surface area (Å²) < 4.78 is 40.3. The molecule has 3 rings (SSSR count). The van der Waals surface area contributed by atoms with Crippen LogP contribution >= 0.6 is 0 Å². The lowest BCUT2D eigenvalue weighted by molar-refractivity contribution is -0.127. The van der Waals surface area contributed by atoms with Crippen LogP contribution in [0, 0.1) is 0 Å². The molecule has 26 heavy (non-hydrogen) atoms. The fourth-order valence-electron chi connectivity index (χ4n) is 2.98. The number of likely N-dealkylation sites (tertiary alicyclic amines) is 1. The van der Waals surface area contributed by atoms with Crippen LogP contribution in [0.2, 0.25) is 0 Å². The Kier molecular flexibility index (Phi) is 4.90. The van der Waals surface area contributed by atoms with Crippen LogP contribution in [0.3, 0.4) is 0 Å². The van der Waals surface area contributed by atoms with Crippen molar-refractivity contribution in [2.45, 2.75) is 12.8 Å². The highest BCUT2D eigenvalue weighted by atomic mass is 32.2. The number of methoxy groups -OCH3 is 2. The van der Waals surface area contributed by atoms with E-state index in [-0.39, 0.29) is 17.3 Å². The molecule has 1 saturated heterocycles. The minimum absolute atomic E-state index is 0.0711. The maximum absolute atomic E-state index is 12.8.